The van der Waals surface area contributed by atoms with Crippen molar-refractivity contribution in [1.82, 2.24) is 5.32 Å². The quantitative estimate of drug-likeness (QED) is 0.773. The van der Waals surface area contributed by atoms with E-state index >= 15 is 0 Å². The molecule has 0 aliphatic carbocycles. The SMILES string of the molecule is CCCOc1c(OC)cc(CNCC)cc1OC. The Morgan fingerprint density at radius 2 is 1.67 bits per heavy atom. The van der Waals surface area contributed by atoms with E-state index in [2.05, 4.69) is 19.2 Å². The molecule has 18 heavy (non-hydrogen) atoms. The molecule has 0 heterocycles. The van der Waals surface area contributed by atoms with Crippen molar-refractivity contribution in [3.8, 4) is 17.2 Å². The molecule has 1 rings (SSSR count). The van der Waals surface area contributed by atoms with E-state index in [1.807, 2.05) is 12.1 Å². The van der Waals surface area contributed by atoms with E-state index in [9.17, 15) is 0 Å². The molecule has 0 bridgehead atoms. The summed E-state index contributed by atoms with van der Waals surface area (Å²) in [7, 11) is 3.29. The summed E-state index contributed by atoms with van der Waals surface area (Å²) in [6.07, 6.45) is 0.950. The van der Waals surface area contributed by atoms with Gasteiger partial charge in [0, 0.05) is 6.54 Å². The first-order valence-corrected chi connectivity index (χ1v) is 6.35. The van der Waals surface area contributed by atoms with Gasteiger partial charge in [0.25, 0.3) is 0 Å². The van der Waals surface area contributed by atoms with Crippen molar-refractivity contribution < 1.29 is 14.2 Å². The summed E-state index contributed by atoms with van der Waals surface area (Å²) in [4.78, 5) is 0. The van der Waals surface area contributed by atoms with Crippen molar-refractivity contribution in [2.45, 2.75) is 26.8 Å². The highest BCUT2D eigenvalue weighted by Crippen LogP contribution is 2.38. The van der Waals surface area contributed by atoms with Gasteiger partial charge in [-0.3, -0.25) is 0 Å². The Hall–Kier alpha value is -1.42. The lowest BCUT2D eigenvalue weighted by Gasteiger charge is -2.16. The topological polar surface area (TPSA) is 39.7 Å². The normalized spacial score (nSPS) is 10.2. The Morgan fingerprint density at radius 3 is 2.11 bits per heavy atom. The number of hydrogen-bond acceptors (Lipinski definition) is 4. The molecular weight excluding hydrogens is 230 g/mol. The van der Waals surface area contributed by atoms with Gasteiger partial charge in [0.2, 0.25) is 5.75 Å². The molecule has 0 atom stereocenters. The average Bonchev–Trinajstić information content (AvgIpc) is 2.42. The standard InChI is InChI=1S/C14H23NO3/c1-5-7-18-14-12(16-3)8-11(10-15-6-2)9-13(14)17-4/h8-9,15H,5-7,10H2,1-4H3. The van der Waals surface area contributed by atoms with Gasteiger partial charge in [0.1, 0.15) is 0 Å². The predicted octanol–water partition coefficient (Wildman–Crippen LogP) is 2.60. The van der Waals surface area contributed by atoms with Gasteiger partial charge in [-0.2, -0.15) is 0 Å². The van der Waals surface area contributed by atoms with E-state index in [1.165, 1.54) is 0 Å². The Bertz CT molecular complexity index is 341. The highest BCUT2D eigenvalue weighted by Gasteiger charge is 2.13. The van der Waals surface area contributed by atoms with Gasteiger partial charge in [-0.1, -0.05) is 13.8 Å². The highest BCUT2D eigenvalue weighted by atomic mass is 16.5. The molecule has 0 spiro atoms. The van der Waals surface area contributed by atoms with Crippen LogP contribution in [-0.2, 0) is 6.54 Å². The molecule has 0 saturated carbocycles. The number of benzene rings is 1. The Balaban J connectivity index is 3.00. The molecule has 0 saturated heterocycles. The largest absolute Gasteiger partial charge is 0.493 e. The minimum Gasteiger partial charge on any atom is -0.493 e. The first kappa shape index (κ1) is 14.6. The molecule has 1 N–H and O–H groups in total. The summed E-state index contributed by atoms with van der Waals surface area (Å²) in [5.41, 5.74) is 1.12. The number of rotatable bonds is 8. The van der Waals surface area contributed by atoms with E-state index in [-0.39, 0.29) is 0 Å². The Labute approximate surface area is 109 Å². The number of methoxy groups -OCH3 is 2. The molecule has 0 radical (unpaired) electrons. The van der Waals surface area contributed by atoms with E-state index in [0.717, 1.165) is 36.6 Å². The Morgan fingerprint density at radius 1 is 1.06 bits per heavy atom. The molecule has 0 aromatic heterocycles. The summed E-state index contributed by atoms with van der Waals surface area (Å²) in [5.74, 6) is 2.12. The van der Waals surface area contributed by atoms with Crippen LogP contribution < -0.4 is 19.5 Å². The van der Waals surface area contributed by atoms with Crippen LogP contribution in [-0.4, -0.2) is 27.4 Å². The van der Waals surface area contributed by atoms with Crippen LogP contribution in [0.2, 0.25) is 0 Å². The number of ether oxygens (including phenoxy) is 3. The molecule has 1 aromatic carbocycles. The zero-order valence-corrected chi connectivity index (χ0v) is 11.7. The van der Waals surface area contributed by atoms with E-state index in [0.29, 0.717) is 12.4 Å². The van der Waals surface area contributed by atoms with Gasteiger partial charge < -0.3 is 19.5 Å². The third-order valence-electron chi connectivity index (χ3n) is 2.55. The summed E-state index contributed by atoms with van der Waals surface area (Å²) in [5, 5.41) is 3.28. The first-order chi connectivity index (χ1) is 8.76. The van der Waals surface area contributed by atoms with Crippen LogP contribution in [0, 0.1) is 0 Å². The molecule has 0 amide bonds. The summed E-state index contributed by atoms with van der Waals surface area (Å²) in [6.45, 7) is 6.51. The van der Waals surface area contributed by atoms with Crippen LogP contribution in [0.4, 0.5) is 0 Å². The van der Waals surface area contributed by atoms with Crippen molar-refractivity contribution in [1.29, 1.82) is 0 Å². The third kappa shape index (κ3) is 3.81. The fraction of sp³-hybridized carbons (Fsp3) is 0.571. The predicted molar refractivity (Wildman–Crippen MR) is 72.7 cm³/mol. The van der Waals surface area contributed by atoms with Crippen molar-refractivity contribution in [3.05, 3.63) is 17.7 Å². The van der Waals surface area contributed by atoms with Crippen LogP contribution in [0.3, 0.4) is 0 Å². The molecule has 4 heteroatoms. The van der Waals surface area contributed by atoms with Gasteiger partial charge in [-0.25, -0.2) is 0 Å². The van der Waals surface area contributed by atoms with E-state index in [1.54, 1.807) is 14.2 Å². The van der Waals surface area contributed by atoms with Crippen LogP contribution in [0.1, 0.15) is 25.8 Å². The van der Waals surface area contributed by atoms with Crippen molar-refractivity contribution >= 4 is 0 Å². The lowest BCUT2D eigenvalue weighted by atomic mass is 10.1. The molecule has 4 nitrogen and oxygen atoms in total. The van der Waals surface area contributed by atoms with Gasteiger partial charge >= 0.3 is 0 Å². The molecule has 0 unspecified atom stereocenters. The third-order valence-corrected chi connectivity index (χ3v) is 2.55. The van der Waals surface area contributed by atoms with Gasteiger partial charge in [-0.05, 0) is 30.7 Å². The van der Waals surface area contributed by atoms with E-state index < -0.39 is 0 Å². The maximum Gasteiger partial charge on any atom is 0.203 e. The second-order valence-electron chi connectivity index (χ2n) is 3.96. The van der Waals surface area contributed by atoms with Crippen LogP contribution in [0.15, 0.2) is 12.1 Å². The molecule has 0 aliphatic heterocycles. The lowest BCUT2D eigenvalue weighted by molar-refractivity contribution is 0.274. The Kier molecular flexibility index (Phi) is 6.36. The van der Waals surface area contributed by atoms with Crippen molar-refractivity contribution in [2.24, 2.45) is 0 Å². The molecular formula is C14H23NO3. The second-order valence-corrected chi connectivity index (χ2v) is 3.96. The van der Waals surface area contributed by atoms with Gasteiger partial charge in [-0.15, -0.1) is 0 Å². The zero-order valence-electron chi connectivity index (χ0n) is 11.7. The van der Waals surface area contributed by atoms with Gasteiger partial charge in [0.15, 0.2) is 11.5 Å². The average molecular weight is 253 g/mol. The van der Waals surface area contributed by atoms with Crippen molar-refractivity contribution in [3.63, 3.8) is 0 Å². The minimum atomic E-state index is 0.652. The molecule has 0 aliphatic rings. The number of nitrogens with one attached hydrogen (secondary N) is 1. The van der Waals surface area contributed by atoms with Crippen molar-refractivity contribution in [2.75, 3.05) is 27.4 Å². The smallest absolute Gasteiger partial charge is 0.203 e. The van der Waals surface area contributed by atoms with Gasteiger partial charge in [0.05, 0.1) is 20.8 Å². The van der Waals surface area contributed by atoms with E-state index in [4.69, 9.17) is 14.2 Å². The zero-order chi connectivity index (χ0) is 13.4. The first-order valence-electron chi connectivity index (χ1n) is 6.35. The second kappa shape index (κ2) is 7.82. The van der Waals surface area contributed by atoms with Crippen LogP contribution in [0.25, 0.3) is 0 Å². The molecule has 0 fully saturated rings. The highest BCUT2D eigenvalue weighted by molar-refractivity contribution is 5.53. The summed E-state index contributed by atoms with van der Waals surface area (Å²) < 4.78 is 16.4. The summed E-state index contributed by atoms with van der Waals surface area (Å²) >= 11 is 0. The fourth-order valence-electron chi connectivity index (χ4n) is 1.65. The summed E-state index contributed by atoms with van der Waals surface area (Å²) in [6, 6.07) is 3.96. The fourth-order valence-corrected chi connectivity index (χ4v) is 1.65. The monoisotopic (exact) mass is 253 g/mol. The minimum absolute atomic E-state index is 0.652. The molecule has 1 aromatic rings. The maximum atomic E-state index is 5.69. The molecule has 102 valence electrons. The maximum absolute atomic E-state index is 5.69. The number of hydrogen-bond donors (Lipinski definition) is 1. The van der Waals surface area contributed by atoms with Crippen LogP contribution in [0.5, 0.6) is 17.2 Å². The lowest BCUT2D eigenvalue weighted by Crippen LogP contribution is -2.12. The van der Waals surface area contributed by atoms with Crippen LogP contribution >= 0.6 is 0 Å².